The highest BCUT2D eigenvalue weighted by Gasteiger charge is 2.62. The maximum Gasteiger partial charge on any atom is 0.433 e. The number of anilines is 4. The number of hydrogen-bond donors (Lipinski definition) is 5. The van der Waals surface area contributed by atoms with Gasteiger partial charge in [-0.05, 0) is 225 Å². The van der Waals surface area contributed by atoms with Crippen LogP contribution in [-0.4, -0.2) is 108 Å². The van der Waals surface area contributed by atoms with Crippen molar-refractivity contribution >= 4 is 23.8 Å². The Morgan fingerprint density at radius 3 is 1.36 bits per heavy atom. The third kappa shape index (κ3) is 26.1. The van der Waals surface area contributed by atoms with Crippen molar-refractivity contribution in [1.29, 1.82) is 21.0 Å². The summed E-state index contributed by atoms with van der Waals surface area (Å²) in [4.78, 5) is 53.7. The first-order valence-electron chi connectivity index (χ1n) is 41.7. The second-order valence-electron chi connectivity index (χ2n) is 36.4. The summed E-state index contributed by atoms with van der Waals surface area (Å²) >= 11 is 0. The van der Waals surface area contributed by atoms with Crippen molar-refractivity contribution in [3.8, 4) is 30.2 Å². The molecular formula is C90H109F10N21O2. The molecule has 8 aromatic rings. The number of hydrogen-bond acceptors (Lipinski definition) is 23. The van der Waals surface area contributed by atoms with E-state index < -0.39 is 42.1 Å². The maximum absolute atomic E-state index is 13.4. The first-order valence-corrected chi connectivity index (χ1v) is 41.7. The molecule has 5 saturated carbocycles. The molecule has 5 N–H and O–H groups in total. The zero-order valence-electron chi connectivity index (χ0n) is 71.7. The smallest absolute Gasteiger partial charge is 0.433 e. The van der Waals surface area contributed by atoms with E-state index in [2.05, 4.69) is 166 Å². The largest absolute Gasteiger partial charge is 0.471 e. The van der Waals surface area contributed by atoms with Gasteiger partial charge < -0.3 is 31.1 Å². The number of aliphatic hydroxyl groups is 1. The molecule has 33 heteroatoms. The summed E-state index contributed by atoms with van der Waals surface area (Å²) in [7, 11) is 0. The van der Waals surface area contributed by atoms with Gasteiger partial charge in [-0.15, -0.1) is 0 Å². The fourth-order valence-corrected chi connectivity index (χ4v) is 16.9. The summed E-state index contributed by atoms with van der Waals surface area (Å²) in [6, 6.07) is 15.5. The number of nitriles is 4. The van der Waals surface area contributed by atoms with Gasteiger partial charge in [0.05, 0.1) is 87.0 Å². The summed E-state index contributed by atoms with van der Waals surface area (Å²) in [5.41, 5.74) is 6.33. The average molecular weight is 1710 g/mol. The fourth-order valence-electron chi connectivity index (χ4n) is 16.9. The Hall–Kier alpha value is -10.9. The molecule has 0 aliphatic heterocycles. The van der Waals surface area contributed by atoms with Crippen LogP contribution < -0.4 is 26.0 Å². The summed E-state index contributed by atoms with van der Waals surface area (Å²) in [5, 5.41) is 60.0. The van der Waals surface area contributed by atoms with Crippen LogP contribution in [0.2, 0.25) is 0 Å². The fraction of sp³-hybridized carbons (Fsp3) is 0.567. The Morgan fingerprint density at radius 1 is 0.488 bits per heavy atom. The standard InChI is InChI=1S/2C23H28F3N5.C23H28F2N6O.C21H25F2N5O/c1-15-4-5-17(12-22(15,2)3)10-19-18(13-27)14-30-21(31-19)29-9-7-16-6-8-28-20(11-16)23(24,25)26;1-15-4-5-16(10-22(15,2)3)9-20-18(11-27)13-30-21(31-20)29-7-6-17-8-19(14-28-12-17)23(24,25)26;1-21-5-4-15(7-22(21,2)12-21)6-18-16(8-26)10-28-20(31-18)29-11-17-9-27-14-30-19(17)32-13-23(3,24)25;1-20(2)15(10-18(20)29)9-16-14(11-24)12-27-19(28-16)26-7-5-13-4-6-25-17(8-13)21(3,22)23/h6,8,11,14-15,17H,4-5,7,9-10,12H2,1-3H3,(H,29,30,31);8,12-16H,4-7,9-10H2,1-3H3,(H,29,30,31);9-10,14-15H,4-7,11-13H2,1-3H3,(H,28,29,31);4,6,8,12,15,18,29H,5,7,9-10H2,1-3H3,(H,26,27,28)/t15-,17-;15-,16-;15-,21+,22?;15-,18+/m0001/s1. The predicted molar refractivity (Wildman–Crippen MR) is 443 cm³/mol. The van der Waals surface area contributed by atoms with Crippen LogP contribution in [-0.2, 0) is 69.8 Å². The number of halogens is 10. The number of rotatable bonds is 27. The molecule has 0 amide bonds. The molecule has 0 radical (unpaired) electrons. The lowest BCUT2D eigenvalue weighted by molar-refractivity contribution is -0.141. The van der Waals surface area contributed by atoms with Crippen LogP contribution in [0, 0.1) is 108 Å². The Morgan fingerprint density at radius 2 is 0.935 bits per heavy atom. The topological polar surface area (TPSA) is 340 Å². The van der Waals surface area contributed by atoms with Gasteiger partial charge >= 0.3 is 12.4 Å². The van der Waals surface area contributed by atoms with Crippen molar-refractivity contribution in [3.05, 3.63) is 177 Å². The molecule has 8 heterocycles. The van der Waals surface area contributed by atoms with E-state index in [0.717, 1.165) is 113 Å². The van der Waals surface area contributed by atoms with Crippen molar-refractivity contribution in [2.45, 2.75) is 236 Å². The number of pyridine rings is 3. The van der Waals surface area contributed by atoms with Gasteiger partial charge in [0, 0.05) is 71.0 Å². The van der Waals surface area contributed by atoms with Crippen LogP contribution in [0.4, 0.5) is 67.7 Å². The summed E-state index contributed by atoms with van der Waals surface area (Å²) in [5.74, 6) is -1.27. The Labute approximate surface area is 712 Å². The van der Waals surface area contributed by atoms with Crippen molar-refractivity contribution < 1.29 is 53.7 Å². The van der Waals surface area contributed by atoms with Gasteiger partial charge in [-0.2, -0.15) is 56.2 Å². The first kappa shape index (κ1) is 94.3. The molecule has 23 nitrogen and oxygen atoms in total. The molecule has 8 aromatic heterocycles. The minimum Gasteiger partial charge on any atom is -0.471 e. The average Bonchev–Trinajstić information content (AvgIpc) is 1.55. The van der Waals surface area contributed by atoms with E-state index >= 15 is 0 Å². The van der Waals surface area contributed by atoms with Crippen molar-refractivity contribution in [1.82, 2.24) is 64.8 Å². The van der Waals surface area contributed by atoms with Gasteiger partial charge in [0.2, 0.25) is 29.7 Å². The van der Waals surface area contributed by atoms with Gasteiger partial charge in [0.1, 0.15) is 42.0 Å². The van der Waals surface area contributed by atoms with E-state index in [1.807, 2.05) is 13.8 Å². The zero-order chi connectivity index (χ0) is 89.5. The van der Waals surface area contributed by atoms with Gasteiger partial charge in [0.25, 0.3) is 11.8 Å². The lowest BCUT2D eigenvalue weighted by atomic mass is 9.58. The van der Waals surface area contributed by atoms with Crippen molar-refractivity contribution in [3.63, 3.8) is 0 Å². The normalized spacial score (nSPS) is 22.3. The Balaban J connectivity index is 0.000000172. The highest BCUT2D eigenvalue weighted by atomic mass is 19.4. The summed E-state index contributed by atoms with van der Waals surface area (Å²) in [6.07, 6.45) is 20.7. The molecule has 1 unspecified atom stereocenters. The van der Waals surface area contributed by atoms with Gasteiger partial charge in [-0.25, -0.2) is 58.6 Å². The van der Waals surface area contributed by atoms with Gasteiger partial charge in [0.15, 0.2) is 6.61 Å². The Bertz CT molecular complexity index is 4950. The van der Waals surface area contributed by atoms with Crippen LogP contribution in [0.1, 0.15) is 238 Å². The quantitative estimate of drug-likeness (QED) is 0.0299. The number of ether oxygens (including phenoxy) is 1. The minimum atomic E-state index is -4.46. The molecule has 656 valence electrons. The molecule has 123 heavy (non-hydrogen) atoms. The second kappa shape index (κ2) is 39.7. The molecule has 5 fully saturated rings. The van der Waals surface area contributed by atoms with Crippen molar-refractivity contribution in [2.24, 2.45) is 62.6 Å². The van der Waals surface area contributed by atoms with Crippen LogP contribution in [0.5, 0.6) is 5.88 Å². The molecule has 0 bridgehead atoms. The Kier molecular flexibility index (Phi) is 30.5. The second-order valence-corrected chi connectivity index (χ2v) is 36.4. The third-order valence-electron chi connectivity index (χ3n) is 25.8. The lowest BCUT2D eigenvalue weighted by Crippen LogP contribution is -2.50. The first-order chi connectivity index (χ1) is 57.9. The summed E-state index contributed by atoms with van der Waals surface area (Å²) < 4.78 is 135. The van der Waals surface area contributed by atoms with Gasteiger partial charge in [-0.1, -0.05) is 69.2 Å². The maximum atomic E-state index is 13.4. The van der Waals surface area contributed by atoms with E-state index in [1.54, 1.807) is 12.1 Å². The van der Waals surface area contributed by atoms with Gasteiger partial charge in [-0.3, -0.25) is 15.0 Å². The highest BCUT2D eigenvalue weighted by molar-refractivity contribution is 5.42. The number of aliphatic hydroxyl groups excluding tert-OH is 1. The number of fused-ring (bicyclic) bond motifs is 1. The molecular weight excluding hydrogens is 1600 g/mol. The number of nitrogens with zero attached hydrogens (tertiary/aromatic N) is 17. The number of alkyl halides is 10. The molecule has 9 atom stereocenters. The van der Waals surface area contributed by atoms with Crippen molar-refractivity contribution in [2.75, 3.05) is 47.5 Å². The monoisotopic (exact) mass is 1710 g/mol. The molecule has 13 rings (SSSR count). The SMILES string of the molecule is CC(F)(F)COc1ncncc1CNc1ncc(C#N)c(C[C@@H]2CC[C@]3(C)CC3(C)C2)n1.CC(F)(F)c1cc(CCNc2ncc(C#N)c(C[C@@H]3C[C@H](O)C3(C)C)n2)ccn1.C[C@H]1CC[C@@H](Cc2nc(NCCc3ccnc(C(F)(F)F)c3)ncc2C#N)CC1(C)C.C[C@H]1CC[C@@H](Cc2nc(NCCc3cncc(C(F)(F)F)c3)ncc2C#N)CC1(C)C. The molecule has 0 aromatic carbocycles. The molecule has 5 aliphatic rings. The minimum absolute atomic E-state index is 0.0887. The number of aromatic nitrogens is 13. The van der Waals surface area contributed by atoms with Crippen LogP contribution in [0.25, 0.3) is 0 Å². The predicted octanol–water partition coefficient (Wildman–Crippen LogP) is 18.8. The van der Waals surface area contributed by atoms with E-state index in [1.165, 1.54) is 87.7 Å². The molecule has 5 aliphatic carbocycles. The molecule has 0 spiro atoms. The molecule has 0 saturated heterocycles. The van der Waals surface area contributed by atoms with E-state index in [-0.39, 0.29) is 46.4 Å². The highest BCUT2D eigenvalue weighted by Crippen LogP contribution is 2.72. The van der Waals surface area contributed by atoms with Crippen LogP contribution >= 0.6 is 0 Å². The van der Waals surface area contributed by atoms with E-state index in [0.29, 0.717) is 161 Å². The number of nitrogens with one attached hydrogen (secondary N) is 4. The summed E-state index contributed by atoms with van der Waals surface area (Å²) in [6.45, 7) is 24.8. The zero-order valence-corrected chi connectivity index (χ0v) is 71.7. The lowest BCUT2D eigenvalue weighted by Gasteiger charge is -2.49. The van der Waals surface area contributed by atoms with E-state index in [9.17, 15) is 70.1 Å². The van der Waals surface area contributed by atoms with E-state index in [4.69, 9.17) is 4.74 Å². The third-order valence-corrected chi connectivity index (χ3v) is 25.8. The van der Waals surface area contributed by atoms with Crippen LogP contribution in [0.15, 0.2) is 92.4 Å². The van der Waals surface area contributed by atoms with Crippen LogP contribution in [0.3, 0.4) is 0 Å².